The second kappa shape index (κ2) is 22.4. The molecule has 0 N–H and O–H groups in total. The molecular formula is C49H52ClP3Pd. The Morgan fingerprint density at radius 1 is 0.278 bits per heavy atom. The molecule has 0 radical (unpaired) electrons. The number of hydrogen-bond donors (Lipinski definition) is 0. The van der Waals surface area contributed by atoms with E-state index in [9.17, 15) is 0 Å². The molecule has 7 rings (SSSR count). The number of benzene rings is 7. The van der Waals surface area contributed by atoms with Crippen LogP contribution in [0.1, 0.15) is 38.9 Å². The Kier molecular flexibility index (Phi) is 18.7. The summed E-state index contributed by atoms with van der Waals surface area (Å²) < 4.78 is 1.22. The molecule has 0 aliphatic heterocycles. The molecule has 1 atom stereocenters. The van der Waals surface area contributed by atoms with Gasteiger partial charge in [0.15, 0.2) is 0 Å². The van der Waals surface area contributed by atoms with Gasteiger partial charge in [0, 0.05) is 0 Å². The fraction of sp³-hybridized carbons (Fsp3) is 0.143. The van der Waals surface area contributed by atoms with Crippen LogP contribution in [-0.2, 0) is 19.2 Å². The van der Waals surface area contributed by atoms with Gasteiger partial charge in [-0.2, -0.15) is 9.90 Å². The van der Waals surface area contributed by atoms with Crippen LogP contribution < -0.4 is 48.3 Å². The van der Waals surface area contributed by atoms with Crippen LogP contribution >= 0.6 is 25.7 Å². The van der Waals surface area contributed by atoms with Gasteiger partial charge >= 0.3 is 60.0 Å². The summed E-state index contributed by atoms with van der Waals surface area (Å²) in [6, 6.07) is 61.0. The molecule has 280 valence electrons. The molecule has 0 amide bonds. The van der Waals surface area contributed by atoms with E-state index in [4.69, 9.17) is 0 Å². The summed E-state index contributed by atoms with van der Waals surface area (Å²) in [5, 5.41) is 8.76. The van der Waals surface area contributed by atoms with Crippen molar-refractivity contribution in [3.63, 3.8) is 0 Å². The van der Waals surface area contributed by atoms with E-state index in [0.717, 1.165) is 0 Å². The zero-order chi connectivity index (χ0) is 37.0. The maximum Gasteiger partial charge on any atom is -0.0122 e. The van der Waals surface area contributed by atoms with E-state index in [1.54, 1.807) is 0 Å². The third-order valence-electron chi connectivity index (χ3n) is 9.18. The van der Waals surface area contributed by atoms with Gasteiger partial charge in [0.1, 0.15) is 0 Å². The van der Waals surface area contributed by atoms with Crippen LogP contribution in [0.2, 0.25) is 0 Å². The predicted octanol–water partition coefficient (Wildman–Crippen LogP) is 6.97. The maximum atomic E-state index is 3.14. The van der Waals surface area contributed by atoms with E-state index in [0.29, 0.717) is 0 Å². The fourth-order valence-corrected chi connectivity index (χ4v) is 12.0. The Balaban J connectivity index is 0.000000234. The first kappa shape index (κ1) is 45.2. The third kappa shape index (κ3) is 11.6. The number of aryl methyl sites for hydroxylation is 7. The molecule has 0 bridgehead atoms. The molecule has 7 aromatic carbocycles. The van der Waals surface area contributed by atoms with Crippen molar-refractivity contribution in [2.45, 2.75) is 48.5 Å². The normalized spacial score (nSPS) is 10.3. The Morgan fingerprint density at radius 2 is 0.444 bits per heavy atom. The van der Waals surface area contributed by atoms with Gasteiger partial charge in [-0.1, -0.05) is 146 Å². The minimum absolute atomic E-state index is 0. The zero-order valence-corrected chi connectivity index (χ0v) is 38.0. The van der Waals surface area contributed by atoms with Gasteiger partial charge in [-0.3, -0.25) is 0 Å². The van der Waals surface area contributed by atoms with Gasteiger partial charge in [0.25, 0.3) is 0 Å². The minimum Gasteiger partial charge on any atom is -1.00 e. The van der Waals surface area contributed by atoms with Crippen molar-refractivity contribution >= 4 is 61.6 Å². The summed E-state index contributed by atoms with van der Waals surface area (Å²) >= 11 is 3.14. The molecule has 0 nitrogen and oxygen atoms in total. The van der Waals surface area contributed by atoms with E-state index in [1.807, 2.05) is 12.1 Å². The molecule has 5 heteroatoms. The van der Waals surface area contributed by atoms with E-state index in [1.165, 1.54) is 74.8 Å². The van der Waals surface area contributed by atoms with Crippen molar-refractivity contribution in [3.05, 3.63) is 209 Å². The molecule has 0 aliphatic carbocycles. The van der Waals surface area contributed by atoms with E-state index >= 15 is 0 Å². The van der Waals surface area contributed by atoms with Crippen LogP contribution in [0.25, 0.3) is 0 Å². The number of hydrogen-bond acceptors (Lipinski definition) is 0. The summed E-state index contributed by atoms with van der Waals surface area (Å²) in [7, 11) is -1.02. The summed E-state index contributed by atoms with van der Waals surface area (Å²) in [4.78, 5) is 0. The molecule has 0 fully saturated rings. The Labute approximate surface area is 348 Å². The van der Waals surface area contributed by atoms with Crippen molar-refractivity contribution in [1.82, 2.24) is 0 Å². The Hall–Kier alpha value is -3.22. The van der Waals surface area contributed by atoms with Crippen LogP contribution in [0.4, 0.5) is 0 Å². The average Bonchev–Trinajstić information content (AvgIpc) is 3.15. The number of rotatable bonds is 6. The molecule has 0 saturated heterocycles. The average molecular weight is 876 g/mol. The van der Waals surface area contributed by atoms with Crippen molar-refractivity contribution in [2.24, 2.45) is 0 Å². The second-order valence-electron chi connectivity index (χ2n) is 13.1. The number of halogens is 1. The minimum atomic E-state index is -0.508. The van der Waals surface area contributed by atoms with Crippen molar-refractivity contribution < 1.29 is 31.6 Å². The SMILES string of the molecule is Cc1cccc[c]1[Pd+].Cc1ccccc1P(c1ccccc1C)c1ccccc1C.Cc1ccccc1P(c1ccccc1C)c1ccccc1C.P.[Cl-]. The van der Waals surface area contributed by atoms with Crippen LogP contribution in [0.3, 0.4) is 0 Å². The molecule has 0 saturated carbocycles. The van der Waals surface area contributed by atoms with Crippen molar-refractivity contribution in [1.29, 1.82) is 0 Å². The largest absolute Gasteiger partial charge is 1.00 e. The van der Waals surface area contributed by atoms with Gasteiger partial charge in [0.05, 0.1) is 0 Å². The standard InChI is InChI=1S/2C21H21P.C7H7.ClH.H3P.Pd/c2*1-16-10-4-7-13-19(16)22(20-14-8-5-11-17(20)2)21-15-9-6-12-18(21)3;1-7-5-3-2-4-6-7;;;/h2*4-15H,1-3H3;2-5H,1H3;1H;1H3;/q;;;;;+1/p-1. The quantitative estimate of drug-likeness (QED) is 0.125. The van der Waals surface area contributed by atoms with Crippen LogP contribution in [0, 0.1) is 48.5 Å². The fourth-order valence-electron chi connectivity index (χ4n) is 6.20. The summed E-state index contributed by atoms with van der Waals surface area (Å²) in [6.45, 7) is 15.4. The van der Waals surface area contributed by atoms with E-state index < -0.39 is 15.8 Å². The maximum absolute atomic E-state index is 3.14. The molecule has 0 spiro atoms. The van der Waals surface area contributed by atoms with Gasteiger partial charge in [-0.25, -0.2) is 0 Å². The predicted molar refractivity (Wildman–Crippen MR) is 241 cm³/mol. The van der Waals surface area contributed by atoms with E-state index in [2.05, 4.69) is 225 Å². The monoisotopic (exact) mass is 874 g/mol. The van der Waals surface area contributed by atoms with Gasteiger partial charge in [0.2, 0.25) is 0 Å². The summed E-state index contributed by atoms with van der Waals surface area (Å²) in [6.07, 6.45) is 0. The first-order valence-corrected chi connectivity index (χ1v) is 21.3. The summed E-state index contributed by atoms with van der Waals surface area (Å²) in [5.41, 5.74) is 9.55. The topological polar surface area (TPSA) is 0 Å². The molecule has 0 heterocycles. The summed E-state index contributed by atoms with van der Waals surface area (Å²) in [5.74, 6) is 0. The first-order chi connectivity index (χ1) is 25.2. The molecular weight excluding hydrogens is 823 g/mol. The molecule has 0 aromatic heterocycles. The molecule has 54 heavy (non-hydrogen) atoms. The van der Waals surface area contributed by atoms with Crippen molar-refractivity contribution in [2.75, 3.05) is 0 Å². The Morgan fingerprint density at radius 3 is 0.593 bits per heavy atom. The molecule has 0 aliphatic rings. The van der Waals surface area contributed by atoms with Crippen molar-refractivity contribution in [3.8, 4) is 0 Å². The van der Waals surface area contributed by atoms with Gasteiger partial charge < -0.3 is 12.4 Å². The van der Waals surface area contributed by atoms with E-state index in [-0.39, 0.29) is 22.3 Å². The first-order valence-electron chi connectivity index (χ1n) is 17.8. The smallest absolute Gasteiger partial charge is 0.0122 e. The van der Waals surface area contributed by atoms with Gasteiger partial charge in [-0.15, -0.1) is 0 Å². The zero-order valence-electron chi connectivity index (χ0n) is 32.5. The Bertz CT molecular complexity index is 1860. The van der Waals surface area contributed by atoms with Crippen LogP contribution in [0.15, 0.2) is 170 Å². The third-order valence-corrected chi connectivity index (χ3v) is 16.0. The van der Waals surface area contributed by atoms with Crippen LogP contribution in [-0.4, -0.2) is 0 Å². The van der Waals surface area contributed by atoms with Gasteiger partial charge in [-0.05, 0) is 123 Å². The second-order valence-corrected chi connectivity index (χ2v) is 18.2. The van der Waals surface area contributed by atoms with Crippen LogP contribution in [0.5, 0.6) is 0 Å². The molecule has 1 unspecified atom stereocenters. The molecule has 7 aromatic rings.